The first kappa shape index (κ1) is 22.1. The number of aromatic nitrogens is 1. The molecule has 30 heavy (non-hydrogen) atoms. The molecule has 0 aliphatic rings. The van der Waals surface area contributed by atoms with E-state index in [1.54, 1.807) is 36.4 Å². The predicted molar refractivity (Wildman–Crippen MR) is 118 cm³/mol. The largest absolute Gasteiger partial charge is 0.439 e. The summed E-state index contributed by atoms with van der Waals surface area (Å²) in [5, 5.41) is 2.87. The van der Waals surface area contributed by atoms with Crippen LogP contribution in [-0.4, -0.2) is 25.4 Å². The maximum Gasteiger partial charge on any atom is 0.271 e. The molecule has 1 atom stereocenters. The highest BCUT2D eigenvalue weighted by molar-refractivity contribution is 7.94. The highest BCUT2D eigenvalue weighted by Gasteiger charge is 2.17. The fourth-order valence-electron chi connectivity index (χ4n) is 2.34. The van der Waals surface area contributed by atoms with Crippen molar-refractivity contribution in [1.29, 1.82) is 0 Å². The Kier molecular flexibility index (Phi) is 6.96. The summed E-state index contributed by atoms with van der Waals surface area (Å²) in [7, 11) is -3.69. The van der Waals surface area contributed by atoms with Gasteiger partial charge in [0.25, 0.3) is 15.9 Å². The lowest BCUT2D eigenvalue weighted by Gasteiger charge is -2.11. The van der Waals surface area contributed by atoms with E-state index in [1.807, 2.05) is 13.8 Å². The molecule has 0 saturated carbocycles. The van der Waals surface area contributed by atoms with Gasteiger partial charge in [-0.25, -0.2) is 13.4 Å². The number of nitrogens with one attached hydrogen (secondary N) is 2. The van der Waals surface area contributed by atoms with Gasteiger partial charge in [-0.05, 0) is 55.8 Å². The molecule has 0 fully saturated rings. The van der Waals surface area contributed by atoms with Crippen molar-refractivity contribution in [2.24, 2.45) is 0 Å². The lowest BCUT2D eigenvalue weighted by molar-refractivity contribution is 0.0939. The Bertz CT molecular complexity index is 1110. The highest BCUT2D eigenvalue weighted by Crippen LogP contribution is 2.28. The van der Waals surface area contributed by atoms with Gasteiger partial charge in [0, 0.05) is 24.0 Å². The maximum absolute atomic E-state index is 12.3. The second-order valence-corrected chi connectivity index (χ2v) is 10.1. The molecule has 0 radical (unpaired) electrons. The molecule has 0 bridgehead atoms. The number of ether oxygens (including phenoxy) is 1. The van der Waals surface area contributed by atoms with Gasteiger partial charge >= 0.3 is 0 Å². The van der Waals surface area contributed by atoms with Gasteiger partial charge in [0.1, 0.15) is 9.96 Å². The van der Waals surface area contributed by atoms with Crippen LogP contribution in [0.25, 0.3) is 0 Å². The van der Waals surface area contributed by atoms with Crippen molar-refractivity contribution < 1.29 is 17.9 Å². The first-order chi connectivity index (χ1) is 14.3. The normalized spacial score (nSPS) is 12.2. The standard InChI is InChI=1S/C20H20ClN3O4S2/c1-3-13(2)23-20(25)14-4-10-18(22-12-14)28-16-7-5-15(6-8-16)24-30(26,27)19-11-9-17(21)29-19/h4-13,24H,3H2,1-2H3,(H,23,25)/t13-/m1/s1. The van der Waals surface area contributed by atoms with E-state index < -0.39 is 10.0 Å². The molecule has 158 valence electrons. The van der Waals surface area contributed by atoms with E-state index in [1.165, 1.54) is 18.3 Å². The van der Waals surface area contributed by atoms with Gasteiger partial charge in [-0.15, -0.1) is 11.3 Å². The van der Waals surface area contributed by atoms with Crippen LogP contribution < -0.4 is 14.8 Å². The molecular formula is C20H20ClN3O4S2. The molecule has 10 heteroatoms. The van der Waals surface area contributed by atoms with Crippen molar-refractivity contribution in [2.45, 2.75) is 30.5 Å². The molecule has 0 spiro atoms. The van der Waals surface area contributed by atoms with Gasteiger partial charge in [-0.3, -0.25) is 9.52 Å². The topological polar surface area (TPSA) is 97.4 Å². The molecule has 3 rings (SSSR count). The third kappa shape index (κ3) is 5.71. The molecule has 0 aliphatic carbocycles. The number of halogens is 1. The minimum absolute atomic E-state index is 0.0844. The molecule has 1 aromatic carbocycles. The molecule has 0 saturated heterocycles. The van der Waals surface area contributed by atoms with E-state index in [9.17, 15) is 13.2 Å². The number of pyridine rings is 1. The third-order valence-corrected chi connectivity index (χ3v) is 7.24. The third-order valence-electron chi connectivity index (χ3n) is 4.13. The van der Waals surface area contributed by atoms with Crippen LogP contribution in [0, 0.1) is 0 Å². The lowest BCUT2D eigenvalue weighted by Crippen LogP contribution is -2.31. The number of hydrogen-bond acceptors (Lipinski definition) is 6. The molecule has 0 unspecified atom stereocenters. The molecule has 2 heterocycles. The molecule has 1 amide bonds. The van der Waals surface area contributed by atoms with E-state index in [0.29, 0.717) is 27.2 Å². The number of anilines is 1. The Morgan fingerprint density at radius 2 is 1.90 bits per heavy atom. The van der Waals surface area contributed by atoms with Gasteiger partial charge < -0.3 is 10.1 Å². The summed E-state index contributed by atoms with van der Waals surface area (Å²) in [6.07, 6.45) is 2.29. The van der Waals surface area contributed by atoms with E-state index in [0.717, 1.165) is 17.8 Å². The minimum Gasteiger partial charge on any atom is -0.439 e. The van der Waals surface area contributed by atoms with Crippen LogP contribution in [0.3, 0.4) is 0 Å². The van der Waals surface area contributed by atoms with E-state index in [-0.39, 0.29) is 16.2 Å². The smallest absolute Gasteiger partial charge is 0.271 e. The number of thiophene rings is 1. The summed E-state index contributed by atoms with van der Waals surface area (Å²) < 4.78 is 33.3. The van der Waals surface area contributed by atoms with E-state index >= 15 is 0 Å². The number of carbonyl (C=O) groups is 1. The number of rotatable bonds is 8. The highest BCUT2D eigenvalue weighted by atomic mass is 35.5. The summed E-state index contributed by atoms with van der Waals surface area (Å²) in [4.78, 5) is 16.2. The molecule has 2 aromatic heterocycles. The van der Waals surface area contributed by atoms with Crippen LogP contribution in [0.2, 0.25) is 4.34 Å². The zero-order valence-corrected chi connectivity index (χ0v) is 18.6. The van der Waals surface area contributed by atoms with Crippen LogP contribution in [0.1, 0.15) is 30.6 Å². The minimum atomic E-state index is -3.69. The molecular weight excluding hydrogens is 446 g/mol. The summed E-state index contributed by atoms with van der Waals surface area (Å²) in [6, 6.07) is 12.7. The quantitative estimate of drug-likeness (QED) is 0.492. The Morgan fingerprint density at radius 3 is 2.47 bits per heavy atom. The Balaban J connectivity index is 1.62. The number of hydrogen-bond donors (Lipinski definition) is 2. The first-order valence-electron chi connectivity index (χ1n) is 9.10. The van der Waals surface area contributed by atoms with Crippen molar-refractivity contribution in [3.05, 3.63) is 64.6 Å². The Morgan fingerprint density at radius 1 is 1.17 bits per heavy atom. The molecule has 3 aromatic rings. The van der Waals surface area contributed by atoms with E-state index in [2.05, 4.69) is 15.0 Å². The SMILES string of the molecule is CC[C@@H](C)NC(=O)c1ccc(Oc2ccc(NS(=O)(=O)c3ccc(Cl)s3)cc2)nc1. The lowest BCUT2D eigenvalue weighted by atomic mass is 10.2. The Labute approximate surface area is 184 Å². The van der Waals surface area contributed by atoms with Gasteiger partial charge in [0.2, 0.25) is 5.88 Å². The zero-order valence-electron chi connectivity index (χ0n) is 16.3. The number of benzene rings is 1. The molecule has 2 N–H and O–H groups in total. The van der Waals surface area contributed by atoms with Crippen LogP contribution in [0.5, 0.6) is 11.6 Å². The average Bonchev–Trinajstić information content (AvgIpc) is 3.17. The fraction of sp³-hybridized carbons (Fsp3) is 0.200. The maximum atomic E-state index is 12.3. The number of amides is 1. The summed E-state index contributed by atoms with van der Waals surface area (Å²) in [5.74, 6) is 0.602. The summed E-state index contributed by atoms with van der Waals surface area (Å²) in [6.45, 7) is 3.93. The monoisotopic (exact) mass is 465 g/mol. The zero-order chi connectivity index (χ0) is 21.7. The second-order valence-electron chi connectivity index (χ2n) is 6.46. The van der Waals surface area contributed by atoms with Crippen LogP contribution in [-0.2, 0) is 10.0 Å². The average molecular weight is 466 g/mol. The van der Waals surface area contributed by atoms with Gasteiger partial charge in [0.15, 0.2) is 0 Å². The van der Waals surface area contributed by atoms with Crippen molar-refractivity contribution in [3.63, 3.8) is 0 Å². The second kappa shape index (κ2) is 9.46. The predicted octanol–water partition coefficient (Wildman–Crippen LogP) is 4.92. The van der Waals surface area contributed by atoms with Crippen molar-refractivity contribution in [1.82, 2.24) is 10.3 Å². The summed E-state index contributed by atoms with van der Waals surface area (Å²) >= 11 is 6.78. The van der Waals surface area contributed by atoms with Gasteiger partial charge in [-0.1, -0.05) is 18.5 Å². The fourth-order valence-corrected chi connectivity index (χ4v) is 4.88. The number of nitrogens with zero attached hydrogens (tertiary/aromatic N) is 1. The number of sulfonamides is 1. The molecule has 0 aliphatic heterocycles. The van der Waals surface area contributed by atoms with E-state index in [4.69, 9.17) is 16.3 Å². The Hall–Kier alpha value is -2.62. The van der Waals surface area contributed by atoms with Crippen molar-refractivity contribution >= 4 is 44.6 Å². The van der Waals surface area contributed by atoms with Gasteiger partial charge in [-0.2, -0.15) is 0 Å². The number of carbonyl (C=O) groups excluding carboxylic acids is 1. The van der Waals surface area contributed by atoms with Crippen molar-refractivity contribution in [2.75, 3.05) is 4.72 Å². The van der Waals surface area contributed by atoms with Crippen LogP contribution in [0.15, 0.2) is 58.9 Å². The summed E-state index contributed by atoms with van der Waals surface area (Å²) in [5.41, 5.74) is 0.831. The van der Waals surface area contributed by atoms with Crippen LogP contribution in [0.4, 0.5) is 5.69 Å². The first-order valence-corrected chi connectivity index (χ1v) is 11.8. The van der Waals surface area contributed by atoms with Crippen molar-refractivity contribution in [3.8, 4) is 11.6 Å². The molecule has 7 nitrogen and oxygen atoms in total. The van der Waals surface area contributed by atoms with Crippen LogP contribution >= 0.6 is 22.9 Å². The van der Waals surface area contributed by atoms with Gasteiger partial charge in [0.05, 0.1) is 9.90 Å².